The van der Waals surface area contributed by atoms with Crippen molar-refractivity contribution in [2.45, 2.75) is 25.3 Å². The van der Waals surface area contributed by atoms with Crippen LogP contribution in [0.15, 0.2) is 47.8 Å². The Balaban J connectivity index is 1.29. The number of ether oxygens (including phenoxy) is 1. The summed E-state index contributed by atoms with van der Waals surface area (Å²) in [5, 5.41) is 6.44. The van der Waals surface area contributed by atoms with Crippen molar-refractivity contribution in [2.24, 2.45) is 0 Å². The SMILES string of the molecule is COc1ccc(C(=O)Nc2ccc(-c3csc(C4CC4)n3)cc2)c(CN2CCN(C)CC2)c1. The molecule has 0 atom stereocenters. The molecule has 3 aromatic rings. The summed E-state index contributed by atoms with van der Waals surface area (Å²) >= 11 is 1.75. The molecule has 1 aromatic heterocycles. The minimum Gasteiger partial charge on any atom is -0.497 e. The second-order valence-electron chi connectivity index (χ2n) is 8.98. The van der Waals surface area contributed by atoms with Gasteiger partial charge in [0.1, 0.15) is 5.75 Å². The van der Waals surface area contributed by atoms with Gasteiger partial charge in [-0.25, -0.2) is 4.98 Å². The molecule has 0 unspecified atom stereocenters. The van der Waals surface area contributed by atoms with Gasteiger partial charge in [-0.05, 0) is 55.8 Å². The van der Waals surface area contributed by atoms with Crippen molar-refractivity contribution in [3.8, 4) is 17.0 Å². The Hall–Kier alpha value is -2.74. The van der Waals surface area contributed by atoms with Gasteiger partial charge in [0, 0.05) is 60.8 Å². The maximum Gasteiger partial charge on any atom is 0.255 e. The van der Waals surface area contributed by atoms with E-state index in [1.165, 1.54) is 17.8 Å². The topological polar surface area (TPSA) is 57.7 Å². The van der Waals surface area contributed by atoms with E-state index in [0.717, 1.165) is 61.0 Å². The fraction of sp³-hybridized carbons (Fsp3) is 0.385. The van der Waals surface area contributed by atoms with Crippen LogP contribution in [0.5, 0.6) is 5.75 Å². The molecule has 2 aliphatic rings. The third-order valence-corrected chi connectivity index (χ3v) is 7.44. The van der Waals surface area contributed by atoms with Gasteiger partial charge in [-0.15, -0.1) is 11.3 Å². The number of amides is 1. The van der Waals surface area contributed by atoms with Gasteiger partial charge in [-0.2, -0.15) is 0 Å². The number of aromatic nitrogens is 1. The van der Waals surface area contributed by atoms with E-state index >= 15 is 0 Å². The summed E-state index contributed by atoms with van der Waals surface area (Å²) in [5.41, 5.74) is 4.55. The minimum absolute atomic E-state index is 0.0980. The number of hydrogen-bond acceptors (Lipinski definition) is 6. The van der Waals surface area contributed by atoms with E-state index in [1.54, 1.807) is 18.4 Å². The summed E-state index contributed by atoms with van der Waals surface area (Å²) in [6, 6.07) is 13.7. The molecule has 0 spiro atoms. The number of benzene rings is 2. The average molecular weight is 463 g/mol. The molecule has 1 saturated carbocycles. The van der Waals surface area contributed by atoms with Gasteiger partial charge in [0.2, 0.25) is 0 Å². The number of hydrogen-bond donors (Lipinski definition) is 1. The van der Waals surface area contributed by atoms with Crippen molar-refractivity contribution in [3.05, 3.63) is 64.0 Å². The molecular formula is C26H30N4O2S. The molecule has 1 aliphatic heterocycles. The van der Waals surface area contributed by atoms with Gasteiger partial charge in [-0.3, -0.25) is 9.69 Å². The number of nitrogens with one attached hydrogen (secondary N) is 1. The van der Waals surface area contributed by atoms with E-state index < -0.39 is 0 Å². The van der Waals surface area contributed by atoms with Crippen molar-refractivity contribution in [1.29, 1.82) is 0 Å². The number of piperazine rings is 1. The van der Waals surface area contributed by atoms with Crippen LogP contribution >= 0.6 is 11.3 Å². The van der Waals surface area contributed by atoms with Crippen LogP contribution in [0.25, 0.3) is 11.3 Å². The Morgan fingerprint density at radius 1 is 1.12 bits per heavy atom. The summed E-state index contributed by atoms with van der Waals surface area (Å²) in [6.45, 7) is 4.81. The maximum absolute atomic E-state index is 13.2. The average Bonchev–Trinajstić information content (AvgIpc) is 3.57. The van der Waals surface area contributed by atoms with Crippen LogP contribution in [0, 0.1) is 0 Å². The zero-order valence-electron chi connectivity index (χ0n) is 19.2. The van der Waals surface area contributed by atoms with E-state index in [-0.39, 0.29) is 5.91 Å². The fourth-order valence-electron chi connectivity index (χ4n) is 4.16. The predicted molar refractivity (Wildman–Crippen MR) is 133 cm³/mol. The van der Waals surface area contributed by atoms with E-state index in [0.29, 0.717) is 11.5 Å². The van der Waals surface area contributed by atoms with Crippen LogP contribution in [-0.2, 0) is 6.54 Å². The van der Waals surface area contributed by atoms with Crippen molar-refractivity contribution < 1.29 is 9.53 Å². The lowest BCUT2D eigenvalue weighted by Gasteiger charge is -2.32. The highest BCUT2D eigenvalue weighted by Crippen LogP contribution is 2.42. The Kier molecular flexibility index (Phi) is 6.44. The first-order valence-electron chi connectivity index (χ1n) is 11.5. The second kappa shape index (κ2) is 9.63. The summed E-state index contributed by atoms with van der Waals surface area (Å²) < 4.78 is 5.43. The quantitative estimate of drug-likeness (QED) is 0.552. The number of methoxy groups -OCH3 is 1. The van der Waals surface area contributed by atoms with Gasteiger partial charge >= 0.3 is 0 Å². The third-order valence-electron chi connectivity index (χ3n) is 6.43. The molecule has 1 saturated heterocycles. The van der Waals surface area contributed by atoms with E-state index in [4.69, 9.17) is 9.72 Å². The van der Waals surface area contributed by atoms with E-state index in [1.807, 2.05) is 42.5 Å². The smallest absolute Gasteiger partial charge is 0.255 e. The zero-order chi connectivity index (χ0) is 22.8. The highest BCUT2D eigenvalue weighted by Gasteiger charge is 2.26. The number of carbonyl (C=O) groups excluding carboxylic acids is 1. The molecule has 2 fully saturated rings. The first kappa shape index (κ1) is 22.1. The number of thiazole rings is 1. The monoisotopic (exact) mass is 462 g/mol. The minimum atomic E-state index is -0.0980. The van der Waals surface area contributed by atoms with Crippen LogP contribution in [0.1, 0.15) is 39.7 Å². The summed E-state index contributed by atoms with van der Waals surface area (Å²) in [4.78, 5) is 22.7. The van der Waals surface area contributed by atoms with Crippen molar-refractivity contribution in [2.75, 3.05) is 45.7 Å². The molecule has 33 heavy (non-hydrogen) atoms. The highest BCUT2D eigenvalue weighted by molar-refractivity contribution is 7.10. The van der Waals surface area contributed by atoms with Gasteiger partial charge in [0.25, 0.3) is 5.91 Å². The van der Waals surface area contributed by atoms with Crippen molar-refractivity contribution in [3.63, 3.8) is 0 Å². The first-order chi connectivity index (χ1) is 16.1. The van der Waals surface area contributed by atoms with Gasteiger partial charge in [-0.1, -0.05) is 12.1 Å². The molecule has 2 heterocycles. The lowest BCUT2D eigenvalue weighted by molar-refractivity contribution is 0.102. The molecule has 6 nitrogen and oxygen atoms in total. The number of likely N-dealkylation sites (N-methyl/N-ethyl adjacent to an activating group) is 1. The molecule has 2 aromatic carbocycles. The Labute approximate surface area is 199 Å². The van der Waals surface area contributed by atoms with Crippen LogP contribution in [0.2, 0.25) is 0 Å². The van der Waals surface area contributed by atoms with E-state index in [9.17, 15) is 4.79 Å². The number of anilines is 1. The largest absolute Gasteiger partial charge is 0.497 e. The summed E-state index contributed by atoms with van der Waals surface area (Å²) in [6.07, 6.45) is 2.53. The highest BCUT2D eigenvalue weighted by atomic mass is 32.1. The lowest BCUT2D eigenvalue weighted by atomic mass is 10.0. The molecule has 7 heteroatoms. The van der Waals surface area contributed by atoms with Gasteiger partial charge in [0.05, 0.1) is 17.8 Å². The van der Waals surface area contributed by atoms with Crippen LogP contribution in [0.4, 0.5) is 5.69 Å². The predicted octanol–water partition coefficient (Wildman–Crippen LogP) is 4.70. The first-order valence-corrected chi connectivity index (χ1v) is 12.4. The van der Waals surface area contributed by atoms with Gasteiger partial charge < -0.3 is 15.0 Å². The fourth-order valence-corrected chi connectivity index (χ4v) is 5.16. The summed E-state index contributed by atoms with van der Waals surface area (Å²) in [5.74, 6) is 1.35. The lowest BCUT2D eigenvalue weighted by Crippen LogP contribution is -2.44. The van der Waals surface area contributed by atoms with Crippen molar-refractivity contribution >= 4 is 22.9 Å². The van der Waals surface area contributed by atoms with Crippen molar-refractivity contribution in [1.82, 2.24) is 14.8 Å². The maximum atomic E-state index is 13.2. The Morgan fingerprint density at radius 3 is 2.58 bits per heavy atom. The molecule has 1 aliphatic carbocycles. The molecule has 0 radical (unpaired) electrons. The third kappa shape index (κ3) is 5.27. The molecule has 172 valence electrons. The normalized spacial score (nSPS) is 17.2. The molecule has 5 rings (SSSR count). The molecule has 1 amide bonds. The molecular weight excluding hydrogens is 432 g/mol. The van der Waals surface area contributed by atoms with Crippen LogP contribution in [-0.4, -0.2) is 61.0 Å². The second-order valence-corrected chi connectivity index (χ2v) is 9.87. The number of rotatable bonds is 7. The Bertz CT molecular complexity index is 1120. The standard InChI is InChI=1S/C26H30N4O2S/c1-29-11-13-30(14-12-29)16-20-15-22(32-2)9-10-23(20)25(31)27-21-7-5-18(6-8-21)24-17-33-26(28-24)19-3-4-19/h5-10,15,17,19H,3-4,11-14,16H2,1-2H3,(H,27,31). The Morgan fingerprint density at radius 2 is 1.88 bits per heavy atom. The summed E-state index contributed by atoms with van der Waals surface area (Å²) in [7, 11) is 3.81. The van der Waals surface area contributed by atoms with Crippen LogP contribution < -0.4 is 10.1 Å². The van der Waals surface area contributed by atoms with E-state index in [2.05, 4.69) is 27.5 Å². The number of carbonyl (C=O) groups is 1. The molecule has 0 bridgehead atoms. The number of nitrogens with zero attached hydrogens (tertiary/aromatic N) is 3. The van der Waals surface area contributed by atoms with Gasteiger partial charge in [0.15, 0.2) is 0 Å². The zero-order valence-corrected chi connectivity index (χ0v) is 20.0. The molecule has 1 N–H and O–H groups in total. The van der Waals surface area contributed by atoms with Crippen LogP contribution in [0.3, 0.4) is 0 Å².